The second-order valence-electron chi connectivity index (χ2n) is 6.24. The quantitative estimate of drug-likeness (QED) is 0.577. The highest BCUT2D eigenvalue weighted by atomic mass is 16.7. The molecule has 0 aromatic heterocycles. The van der Waals surface area contributed by atoms with Crippen molar-refractivity contribution in [3.63, 3.8) is 0 Å². The van der Waals surface area contributed by atoms with E-state index in [-0.39, 0.29) is 6.42 Å². The van der Waals surface area contributed by atoms with E-state index in [1.807, 2.05) is 6.92 Å². The van der Waals surface area contributed by atoms with Gasteiger partial charge in [0.1, 0.15) is 5.60 Å². The average molecular weight is 258 g/mol. The van der Waals surface area contributed by atoms with Crippen LogP contribution in [0.4, 0.5) is 0 Å². The Kier molecular flexibility index (Phi) is 2.78. The van der Waals surface area contributed by atoms with Gasteiger partial charge < -0.3 is 24.8 Å². The zero-order valence-electron chi connectivity index (χ0n) is 10.8. The Balaban J connectivity index is 1.94. The second kappa shape index (κ2) is 3.90. The van der Waals surface area contributed by atoms with Gasteiger partial charge >= 0.3 is 0 Å². The van der Waals surface area contributed by atoms with E-state index in [4.69, 9.17) is 9.47 Å². The Morgan fingerprint density at radius 1 is 1.00 bits per heavy atom. The number of rotatable bonds is 0. The Morgan fingerprint density at radius 3 is 2.28 bits per heavy atom. The van der Waals surface area contributed by atoms with Crippen molar-refractivity contribution in [2.45, 2.75) is 62.6 Å². The summed E-state index contributed by atoms with van der Waals surface area (Å²) in [5.74, 6) is -0.758. The molecule has 1 saturated heterocycles. The minimum atomic E-state index is -1.33. The molecule has 3 N–H and O–H groups in total. The van der Waals surface area contributed by atoms with Gasteiger partial charge in [-0.2, -0.15) is 0 Å². The molecular weight excluding hydrogens is 236 g/mol. The zero-order valence-corrected chi connectivity index (χ0v) is 10.8. The lowest BCUT2D eigenvalue weighted by atomic mass is 9.54. The van der Waals surface area contributed by atoms with Crippen molar-refractivity contribution in [3.05, 3.63) is 0 Å². The molecule has 2 saturated carbocycles. The van der Waals surface area contributed by atoms with E-state index < -0.39 is 29.0 Å². The fourth-order valence-electron chi connectivity index (χ4n) is 3.94. The van der Waals surface area contributed by atoms with Crippen LogP contribution in [0.3, 0.4) is 0 Å². The summed E-state index contributed by atoms with van der Waals surface area (Å²) in [6, 6.07) is 0. The number of aliphatic hydroxyl groups excluding tert-OH is 2. The van der Waals surface area contributed by atoms with E-state index in [2.05, 4.69) is 0 Å². The fourth-order valence-corrected chi connectivity index (χ4v) is 3.94. The third-order valence-corrected chi connectivity index (χ3v) is 5.37. The van der Waals surface area contributed by atoms with Crippen LogP contribution in [0.5, 0.6) is 0 Å². The van der Waals surface area contributed by atoms with E-state index in [9.17, 15) is 15.3 Å². The number of hydrogen-bond donors (Lipinski definition) is 3. The smallest absolute Gasteiger partial charge is 0.171 e. The largest absolute Gasteiger partial charge is 0.392 e. The molecule has 3 aliphatic rings. The molecule has 5 heteroatoms. The van der Waals surface area contributed by atoms with Crippen molar-refractivity contribution in [3.8, 4) is 0 Å². The van der Waals surface area contributed by atoms with E-state index >= 15 is 0 Å². The molecule has 5 nitrogen and oxygen atoms in total. The maximum Gasteiger partial charge on any atom is 0.171 e. The molecule has 0 unspecified atom stereocenters. The number of ether oxygens (including phenoxy) is 2. The fraction of sp³-hybridized carbons (Fsp3) is 1.00. The molecule has 104 valence electrons. The number of fused-ring (bicyclic) bond motifs is 1. The highest BCUT2D eigenvalue weighted by molar-refractivity contribution is 5.13. The predicted molar refractivity (Wildman–Crippen MR) is 62.8 cm³/mol. The van der Waals surface area contributed by atoms with Crippen molar-refractivity contribution in [1.29, 1.82) is 0 Å². The lowest BCUT2D eigenvalue weighted by molar-refractivity contribution is -0.303. The monoisotopic (exact) mass is 258 g/mol. The summed E-state index contributed by atoms with van der Waals surface area (Å²) in [5, 5.41) is 31.4. The Hall–Kier alpha value is -0.200. The molecule has 1 spiro atoms. The molecule has 1 aliphatic heterocycles. The Labute approximate surface area is 107 Å². The van der Waals surface area contributed by atoms with Crippen molar-refractivity contribution in [1.82, 2.24) is 0 Å². The normalized spacial score (nSPS) is 51.3. The van der Waals surface area contributed by atoms with Crippen molar-refractivity contribution < 1.29 is 24.8 Å². The van der Waals surface area contributed by atoms with Crippen LogP contribution in [0.1, 0.15) is 39.0 Å². The van der Waals surface area contributed by atoms with Gasteiger partial charge in [-0.05, 0) is 19.3 Å². The van der Waals surface area contributed by atoms with Crippen LogP contribution in [0.15, 0.2) is 0 Å². The maximum atomic E-state index is 10.9. The topological polar surface area (TPSA) is 79.2 Å². The number of aliphatic hydroxyl groups is 3. The van der Waals surface area contributed by atoms with Crippen LogP contribution in [-0.2, 0) is 9.47 Å². The standard InChI is InChI=1S/C13H22O5/c1-11-4-5-12(17-6-7-18-12)8-13(11,16)10(15)3-2-9(11)14/h9-10,14-16H,2-8H2,1H3/t9-,10-,11+,13-/m0/s1. The number of hydrogen-bond acceptors (Lipinski definition) is 5. The second-order valence-corrected chi connectivity index (χ2v) is 6.24. The SMILES string of the molecule is C[C@]12CCC3(C[C@]1(O)[C@@H](O)CC[C@@H]2O)OCCO3. The molecule has 0 aromatic carbocycles. The first-order valence-corrected chi connectivity index (χ1v) is 6.78. The highest BCUT2D eigenvalue weighted by Gasteiger charge is 2.65. The first kappa shape index (κ1) is 12.8. The molecule has 3 rings (SSSR count). The van der Waals surface area contributed by atoms with Gasteiger partial charge in [0, 0.05) is 18.3 Å². The van der Waals surface area contributed by atoms with Gasteiger partial charge in [0.2, 0.25) is 0 Å². The summed E-state index contributed by atoms with van der Waals surface area (Å²) in [5.41, 5.74) is -2.00. The molecular formula is C13H22O5. The summed E-state index contributed by atoms with van der Waals surface area (Å²) in [6.45, 7) is 2.93. The molecule has 4 atom stereocenters. The minimum Gasteiger partial charge on any atom is -0.392 e. The predicted octanol–water partition coefficient (Wildman–Crippen LogP) is 0.166. The molecule has 0 radical (unpaired) electrons. The molecule has 0 amide bonds. The van der Waals surface area contributed by atoms with Crippen LogP contribution in [0, 0.1) is 5.41 Å². The molecule has 2 aliphatic carbocycles. The first-order valence-electron chi connectivity index (χ1n) is 6.78. The first-order chi connectivity index (χ1) is 8.42. The van der Waals surface area contributed by atoms with Crippen LogP contribution in [-0.4, -0.2) is 52.1 Å². The van der Waals surface area contributed by atoms with E-state index in [1.165, 1.54) is 0 Å². The summed E-state index contributed by atoms with van der Waals surface area (Å²) >= 11 is 0. The third kappa shape index (κ3) is 1.51. The zero-order chi connectivity index (χ0) is 13.0. The molecule has 1 heterocycles. The molecule has 0 bridgehead atoms. The third-order valence-electron chi connectivity index (χ3n) is 5.37. The van der Waals surface area contributed by atoms with Crippen LogP contribution in [0.2, 0.25) is 0 Å². The van der Waals surface area contributed by atoms with E-state index in [0.29, 0.717) is 38.9 Å². The van der Waals surface area contributed by atoms with Crippen molar-refractivity contribution in [2.24, 2.45) is 5.41 Å². The van der Waals surface area contributed by atoms with Gasteiger partial charge in [-0.1, -0.05) is 6.92 Å². The van der Waals surface area contributed by atoms with Crippen molar-refractivity contribution >= 4 is 0 Å². The van der Waals surface area contributed by atoms with E-state index in [0.717, 1.165) is 0 Å². The maximum absolute atomic E-state index is 10.9. The lowest BCUT2D eigenvalue weighted by Crippen LogP contribution is -2.68. The van der Waals surface area contributed by atoms with Gasteiger partial charge in [-0.25, -0.2) is 0 Å². The summed E-state index contributed by atoms with van der Waals surface area (Å²) in [6.07, 6.45) is 1.06. The molecule has 18 heavy (non-hydrogen) atoms. The lowest BCUT2D eigenvalue weighted by Gasteiger charge is -2.59. The van der Waals surface area contributed by atoms with Crippen LogP contribution < -0.4 is 0 Å². The summed E-state index contributed by atoms with van der Waals surface area (Å²) < 4.78 is 11.3. The van der Waals surface area contributed by atoms with Crippen molar-refractivity contribution in [2.75, 3.05) is 13.2 Å². The van der Waals surface area contributed by atoms with E-state index in [1.54, 1.807) is 0 Å². The van der Waals surface area contributed by atoms with Gasteiger partial charge in [0.15, 0.2) is 5.79 Å². The minimum absolute atomic E-state index is 0.245. The Morgan fingerprint density at radius 2 is 1.61 bits per heavy atom. The summed E-state index contributed by atoms with van der Waals surface area (Å²) in [4.78, 5) is 0. The van der Waals surface area contributed by atoms with Gasteiger partial charge in [0.25, 0.3) is 0 Å². The van der Waals surface area contributed by atoms with Crippen LogP contribution in [0.25, 0.3) is 0 Å². The molecule has 3 fully saturated rings. The van der Waals surface area contributed by atoms with Gasteiger partial charge in [-0.3, -0.25) is 0 Å². The Bertz CT molecular complexity index is 340. The van der Waals surface area contributed by atoms with Gasteiger partial charge in [-0.15, -0.1) is 0 Å². The average Bonchev–Trinajstić information content (AvgIpc) is 2.78. The molecule has 0 aromatic rings. The van der Waals surface area contributed by atoms with Gasteiger partial charge in [0.05, 0.1) is 25.4 Å². The highest BCUT2D eigenvalue weighted by Crippen LogP contribution is 2.57. The van der Waals surface area contributed by atoms with Crippen LogP contribution >= 0.6 is 0 Å². The summed E-state index contributed by atoms with van der Waals surface area (Å²) in [7, 11) is 0.